The summed E-state index contributed by atoms with van der Waals surface area (Å²) in [6.07, 6.45) is 0.943. The maximum Gasteiger partial charge on any atom is 0.222 e. The highest BCUT2D eigenvalue weighted by Crippen LogP contribution is 2.16. The monoisotopic (exact) mass is 345 g/mol. The number of carbonyl (C=O) groups is 1. The Bertz CT molecular complexity index is 391. The Balaban J connectivity index is 2.25. The zero-order chi connectivity index (χ0) is 14.8. The molecule has 0 spiro atoms. The van der Waals surface area contributed by atoms with Crippen LogP contribution in [0, 0.1) is 0 Å². The molecule has 2 N–H and O–H groups in total. The quantitative estimate of drug-likeness (QED) is 0.664. The van der Waals surface area contributed by atoms with Crippen molar-refractivity contribution in [1.29, 1.82) is 0 Å². The molecule has 0 saturated heterocycles. The van der Waals surface area contributed by atoms with Gasteiger partial charge in [0.2, 0.25) is 5.91 Å². The normalized spacial score (nSPS) is 10.3. The number of hydrogen-bond donors (Lipinski definition) is 2. The molecular formula is C14H20BrNO4. The third-order valence-electron chi connectivity index (χ3n) is 2.71. The Kier molecular flexibility index (Phi) is 8.25. The minimum atomic E-state index is -0.0961. The van der Waals surface area contributed by atoms with Gasteiger partial charge in [0, 0.05) is 24.0 Å². The molecule has 20 heavy (non-hydrogen) atoms. The van der Waals surface area contributed by atoms with Crippen LogP contribution in [0.2, 0.25) is 0 Å². The molecule has 0 bridgehead atoms. The molecule has 0 radical (unpaired) electrons. The number of benzene rings is 1. The molecule has 112 valence electrons. The van der Waals surface area contributed by atoms with Crippen LogP contribution < -0.4 is 4.74 Å². The lowest BCUT2D eigenvalue weighted by molar-refractivity contribution is -0.132. The van der Waals surface area contributed by atoms with Crippen molar-refractivity contribution in [1.82, 2.24) is 4.90 Å². The molecule has 5 nitrogen and oxygen atoms in total. The molecule has 0 saturated carbocycles. The van der Waals surface area contributed by atoms with Gasteiger partial charge in [-0.05, 0) is 30.7 Å². The van der Waals surface area contributed by atoms with Gasteiger partial charge in [0.1, 0.15) is 5.75 Å². The zero-order valence-corrected chi connectivity index (χ0v) is 12.9. The number of ether oxygens (including phenoxy) is 1. The Morgan fingerprint density at radius 2 is 1.75 bits per heavy atom. The second-order valence-electron chi connectivity index (χ2n) is 4.23. The third kappa shape index (κ3) is 6.36. The summed E-state index contributed by atoms with van der Waals surface area (Å²) >= 11 is 3.35. The van der Waals surface area contributed by atoms with Crippen molar-refractivity contribution in [2.45, 2.75) is 12.8 Å². The fraction of sp³-hybridized carbons (Fsp3) is 0.500. The van der Waals surface area contributed by atoms with Crippen LogP contribution in [0.1, 0.15) is 12.8 Å². The molecule has 0 aliphatic heterocycles. The van der Waals surface area contributed by atoms with Crippen LogP contribution in [0.3, 0.4) is 0 Å². The van der Waals surface area contributed by atoms with Gasteiger partial charge in [0.15, 0.2) is 0 Å². The first-order chi connectivity index (χ1) is 9.67. The van der Waals surface area contributed by atoms with Crippen molar-refractivity contribution in [3.05, 3.63) is 28.7 Å². The molecule has 1 aromatic rings. The minimum Gasteiger partial charge on any atom is -0.494 e. The van der Waals surface area contributed by atoms with Crippen LogP contribution >= 0.6 is 15.9 Å². The highest BCUT2D eigenvalue weighted by atomic mass is 79.9. The predicted octanol–water partition coefficient (Wildman–Crippen LogP) is 1.42. The molecular weight excluding hydrogens is 326 g/mol. The van der Waals surface area contributed by atoms with Gasteiger partial charge in [-0.1, -0.05) is 15.9 Å². The van der Waals surface area contributed by atoms with Gasteiger partial charge < -0.3 is 19.8 Å². The molecule has 1 amide bonds. The van der Waals surface area contributed by atoms with E-state index < -0.39 is 0 Å². The zero-order valence-electron chi connectivity index (χ0n) is 11.3. The van der Waals surface area contributed by atoms with E-state index in [1.807, 2.05) is 24.3 Å². The Hall–Kier alpha value is -1.11. The number of halogens is 1. The van der Waals surface area contributed by atoms with E-state index in [9.17, 15) is 4.79 Å². The van der Waals surface area contributed by atoms with E-state index in [-0.39, 0.29) is 32.2 Å². The summed E-state index contributed by atoms with van der Waals surface area (Å²) in [4.78, 5) is 13.3. The van der Waals surface area contributed by atoms with Gasteiger partial charge in [-0.3, -0.25) is 4.79 Å². The summed E-state index contributed by atoms with van der Waals surface area (Å²) in [7, 11) is 0. The van der Waals surface area contributed by atoms with Crippen molar-refractivity contribution in [2.75, 3.05) is 32.9 Å². The van der Waals surface area contributed by atoms with Gasteiger partial charge in [-0.15, -0.1) is 0 Å². The van der Waals surface area contributed by atoms with Crippen LogP contribution in [0.5, 0.6) is 5.75 Å². The first-order valence-corrected chi connectivity index (χ1v) is 7.34. The Morgan fingerprint density at radius 3 is 2.30 bits per heavy atom. The highest BCUT2D eigenvalue weighted by Gasteiger charge is 2.11. The van der Waals surface area contributed by atoms with Gasteiger partial charge in [0.05, 0.1) is 19.8 Å². The smallest absolute Gasteiger partial charge is 0.222 e. The number of rotatable bonds is 9. The van der Waals surface area contributed by atoms with Gasteiger partial charge in [-0.2, -0.15) is 0 Å². The summed E-state index contributed by atoms with van der Waals surface area (Å²) in [6, 6.07) is 7.50. The third-order valence-corrected chi connectivity index (χ3v) is 3.24. The molecule has 1 aromatic carbocycles. The molecule has 6 heteroatoms. The van der Waals surface area contributed by atoms with Crippen molar-refractivity contribution in [3.63, 3.8) is 0 Å². The number of hydrogen-bond acceptors (Lipinski definition) is 4. The van der Waals surface area contributed by atoms with Crippen LogP contribution in [0.15, 0.2) is 28.7 Å². The first kappa shape index (κ1) is 16.9. The van der Waals surface area contributed by atoms with Gasteiger partial charge in [-0.25, -0.2) is 0 Å². The molecule has 0 aliphatic carbocycles. The summed E-state index contributed by atoms with van der Waals surface area (Å²) in [5.41, 5.74) is 0. The van der Waals surface area contributed by atoms with E-state index in [0.29, 0.717) is 19.4 Å². The highest BCUT2D eigenvalue weighted by molar-refractivity contribution is 9.10. The number of carbonyl (C=O) groups excluding carboxylic acids is 1. The van der Waals surface area contributed by atoms with E-state index in [1.54, 1.807) is 0 Å². The fourth-order valence-corrected chi connectivity index (χ4v) is 1.97. The standard InChI is InChI=1S/C14H20BrNO4/c15-12-3-5-13(6-4-12)20-11-1-2-14(19)16(7-9-17)8-10-18/h3-6,17-18H,1-2,7-11H2. The SMILES string of the molecule is O=C(CCCOc1ccc(Br)cc1)N(CCO)CCO. The molecule has 0 fully saturated rings. The van der Waals surface area contributed by atoms with E-state index >= 15 is 0 Å². The van der Waals surface area contributed by atoms with Crippen molar-refractivity contribution in [3.8, 4) is 5.75 Å². The number of nitrogens with zero attached hydrogens (tertiary/aromatic N) is 1. The lowest BCUT2D eigenvalue weighted by atomic mass is 10.2. The van der Waals surface area contributed by atoms with Crippen LogP contribution in [0.25, 0.3) is 0 Å². The largest absolute Gasteiger partial charge is 0.494 e. The van der Waals surface area contributed by atoms with E-state index in [2.05, 4.69) is 15.9 Å². The topological polar surface area (TPSA) is 70.0 Å². The molecule has 0 atom stereocenters. The maximum absolute atomic E-state index is 11.8. The molecule has 0 aromatic heterocycles. The second-order valence-corrected chi connectivity index (χ2v) is 5.15. The van der Waals surface area contributed by atoms with Crippen molar-refractivity contribution in [2.24, 2.45) is 0 Å². The lowest BCUT2D eigenvalue weighted by Gasteiger charge is -2.20. The average molecular weight is 346 g/mol. The summed E-state index contributed by atoms with van der Waals surface area (Å²) < 4.78 is 6.51. The fourth-order valence-electron chi connectivity index (χ4n) is 1.70. The van der Waals surface area contributed by atoms with Crippen molar-refractivity contribution >= 4 is 21.8 Å². The Morgan fingerprint density at radius 1 is 1.15 bits per heavy atom. The summed E-state index contributed by atoms with van der Waals surface area (Å²) in [5.74, 6) is 0.690. The molecule has 0 aliphatic rings. The Labute approximate surface area is 127 Å². The predicted molar refractivity (Wildman–Crippen MR) is 79.6 cm³/mol. The maximum atomic E-state index is 11.8. The van der Waals surface area contributed by atoms with E-state index in [0.717, 1.165) is 10.2 Å². The average Bonchev–Trinajstić information content (AvgIpc) is 2.45. The minimum absolute atomic E-state index is 0.0764. The van der Waals surface area contributed by atoms with Gasteiger partial charge in [0.25, 0.3) is 0 Å². The van der Waals surface area contributed by atoms with Crippen LogP contribution in [-0.4, -0.2) is 53.9 Å². The number of aliphatic hydroxyl groups excluding tert-OH is 2. The lowest BCUT2D eigenvalue weighted by Crippen LogP contribution is -2.35. The molecule has 0 unspecified atom stereocenters. The second kappa shape index (κ2) is 9.74. The molecule has 0 heterocycles. The van der Waals surface area contributed by atoms with E-state index in [1.165, 1.54) is 4.90 Å². The van der Waals surface area contributed by atoms with E-state index in [4.69, 9.17) is 14.9 Å². The summed E-state index contributed by atoms with van der Waals surface area (Å²) in [5, 5.41) is 17.7. The first-order valence-electron chi connectivity index (χ1n) is 6.55. The van der Waals surface area contributed by atoms with Crippen LogP contribution in [0.4, 0.5) is 0 Å². The van der Waals surface area contributed by atoms with Crippen LogP contribution in [-0.2, 0) is 4.79 Å². The number of aliphatic hydroxyl groups is 2. The number of amides is 1. The summed E-state index contributed by atoms with van der Waals surface area (Å²) in [6.45, 7) is 0.779. The van der Waals surface area contributed by atoms with Crippen molar-refractivity contribution < 1.29 is 19.7 Å². The van der Waals surface area contributed by atoms with Gasteiger partial charge >= 0.3 is 0 Å². The molecule has 1 rings (SSSR count).